The van der Waals surface area contributed by atoms with Crippen LogP contribution in [-0.4, -0.2) is 35.9 Å². The van der Waals surface area contributed by atoms with E-state index < -0.39 is 14.8 Å². The van der Waals surface area contributed by atoms with Crippen molar-refractivity contribution in [1.82, 2.24) is 4.31 Å². The summed E-state index contributed by atoms with van der Waals surface area (Å²) >= 11 is 3.27. The fourth-order valence-electron chi connectivity index (χ4n) is 0.766. The highest BCUT2D eigenvalue weighted by Gasteiger charge is 2.34. The smallest absolute Gasteiger partial charge is 0.212 e. The molecule has 1 atom stereocenters. The molecule has 0 amide bonds. The fourth-order valence-corrected chi connectivity index (χ4v) is 2.80. The second-order valence-electron chi connectivity index (χ2n) is 4.14. The second-order valence-corrected chi connectivity index (χ2v) is 7.54. The molecule has 0 aliphatic heterocycles. The topological polar surface area (TPSA) is 37.4 Å². The average molecular weight is 272 g/mol. The number of halogens is 1. The van der Waals surface area contributed by atoms with Crippen LogP contribution in [0.15, 0.2) is 0 Å². The van der Waals surface area contributed by atoms with Crippen LogP contribution < -0.4 is 0 Å². The van der Waals surface area contributed by atoms with Crippen molar-refractivity contribution in [2.24, 2.45) is 0 Å². The van der Waals surface area contributed by atoms with E-state index in [1.807, 2.05) is 6.92 Å². The predicted octanol–water partition coefficient (Wildman–Crippen LogP) is 1.83. The predicted molar refractivity (Wildman–Crippen MR) is 59.7 cm³/mol. The number of sulfonamides is 1. The monoisotopic (exact) mass is 271 g/mol. The summed E-state index contributed by atoms with van der Waals surface area (Å²) in [6.07, 6.45) is 0. The Bertz CT molecular complexity index is 256. The largest absolute Gasteiger partial charge is 0.219 e. The molecule has 13 heavy (non-hydrogen) atoms. The molecule has 5 heteroatoms. The molecule has 80 valence electrons. The summed E-state index contributed by atoms with van der Waals surface area (Å²) in [7, 11) is -1.57. The Balaban J connectivity index is 4.87. The third-order valence-corrected chi connectivity index (χ3v) is 5.60. The summed E-state index contributed by atoms with van der Waals surface area (Å²) in [5, 5.41) is 0.652. The summed E-state index contributed by atoms with van der Waals surface area (Å²) < 4.78 is 24.4. The minimum absolute atomic E-state index is 0.00998. The van der Waals surface area contributed by atoms with E-state index in [4.69, 9.17) is 0 Å². The van der Waals surface area contributed by atoms with E-state index in [1.165, 1.54) is 4.31 Å². The van der Waals surface area contributed by atoms with Crippen molar-refractivity contribution in [1.29, 1.82) is 0 Å². The molecule has 3 nitrogen and oxygen atoms in total. The Labute approximate surface area is 89.7 Å². The van der Waals surface area contributed by atoms with Crippen molar-refractivity contribution in [3.05, 3.63) is 0 Å². The summed E-state index contributed by atoms with van der Waals surface area (Å²) in [4.78, 5) is 0. The van der Waals surface area contributed by atoms with Crippen molar-refractivity contribution in [3.63, 3.8) is 0 Å². The standard InChI is InChI=1S/C8H18BrNO2S/c1-7(6-9)10(5)13(11,12)8(2,3)4/h7H,6H2,1-5H3. The summed E-state index contributed by atoms with van der Waals surface area (Å²) in [5.74, 6) is 0. The number of hydrogen-bond acceptors (Lipinski definition) is 2. The van der Waals surface area contributed by atoms with Crippen LogP contribution in [0.4, 0.5) is 0 Å². The molecule has 0 fully saturated rings. The first-order valence-electron chi connectivity index (χ1n) is 4.18. The number of alkyl halides is 1. The first-order valence-corrected chi connectivity index (χ1v) is 6.74. The van der Waals surface area contributed by atoms with Crippen molar-refractivity contribution in [2.75, 3.05) is 12.4 Å². The van der Waals surface area contributed by atoms with Crippen LogP contribution in [0.25, 0.3) is 0 Å². The van der Waals surface area contributed by atoms with Gasteiger partial charge in [0.15, 0.2) is 0 Å². The first-order chi connectivity index (χ1) is 5.64. The van der Waals surface area contributed by atoms with Crippen LogP contribution in [0.2, 0.25) is 0 Å². The van der Waals surface area contributed by atoms with E-state index in [0.29, 0.717) is 5.33 Å². The fraction of sp³-hybridized carbons (Fsp3) is 1.00. The van der Waals surface area contributed by atoms with Crippen molar-refractivity contribution in [2.45, 2.75) is 38.5 Å². The van der Waals surface area contributed by atoms with Crippen molar-refractivity contribution < 1.29 is 8.42 Å². The van der Waals surface area contributed by atoms with Gasteiger partial charge in [-0.1, -0.05) is 15.9 Å². The molecule has 0 aliphatic carbocycles. The van der Waals surface area contributed by atoms with Crippen LogP contribution in [0.3, 0.4) is 0 Å². The maximum Gasteiger partial charge on any atom is 0.219 e. The Kier molecular flexibility index (Phi) is 4.40. The van der Waals surface area contributed by atoms with E-state index in [0.717, 1.165) is 0 Å². The van der Waals surface area contributed by atoms with Gasteiger partial charge in [-0.05, 0) is 27.7 Å². The third kappa shape index (κ3) is 2.92. The van der Waals surface area contributed by atoms with Gasteiger partial charge < -0.3 is 0 Å². The van der Waals surface area contributed by atoms with Gasteiger partial charge in [0.05, 0.1) is 4.75 Å². The van der Waals surface area contributed by atoms with Gasteiger partial charge in [-0.3, -0.25) is 0 Å². The lowest BCUT2D eigenvalue weighted by Gasteiger charge is -2.30. The molecular formula is C8H18BrNO2S. The molecule has 0 radical (unpaired) electrons. The maximum atomic E-state index is 11.9. The summed E-state index contributed by atoms with van der Waals surface area (Å²) in [6.45, 7) is 7.00. The third-order valence-electron chi connectivity index (χ3n) is 2.00. The molecular weight excluding hydrogens is 254 g/mol. The second kappa shape index (κ2) is 4.28. The molecule has 0 bridgehead atoms. The van der Waals surface area contributed by atoms with Gasteiger partial charge in [-0.25, -0.2) is 12.7 Å². The molecule has 0 rings (SSSR count). The molecule has 0 saturated heterocycles. The Morgan fingerprint density at radius 2 is 1.77 bits per heavy atom. The van der Waals surface area contributed by atoms with E-state index >= 15 is 0 Å². The quantitative estimate of drug-likeness (QED) is 0.735. The van der Waals surface area contributed by atoms with Crippen LogP contribution in [-0.2, 0) is 10.0 Å². The zero-order chi connectivity index (χ0) is 10.9. The van der Waals surface area contributed by atoms with Crippen LogP contribution in [0, 0.1) is 0 Å². The summed E-state index contributed by atoms with van der Waals surface area (Å²) in [5.41, 5.74) is 0. The van der Waals surface area contributed by atoms with Crippen LogP contribution >= 0.6 is 15.9 Å². The molecule has 0 aromatic heterocycles. The Morgan fingerprint density at radius 3 is 2.00 bits per heavy atom. The lowest BCUT2D eigenvalue weighted by atomic mass is 10.3. The molecule has 1 unspecified atom stereocenters. The normalized spacial score (nSPS) is 16.2. The first kappa shape index (κ1) is 13.4. The van der Waals surface area contributed by atoms with Crippen LogP contribution in [0.1, 0.15) is 27.7 Å². The van der Waals surface area contributed by atoms with E-state index in [1.54, 1.807) is 27.8 Å². The summed E-state index contributed by atoms with van der Waals surface area (Å²) in [6, 6.07) is -0.00998. The number of hydrogen-bond donors (Lipinski definition) is 0. The van der Waals surface area contributed by atoms with Crippen molar-refractivity contribution in [3.8, 4) is 0 Å². The molecule has 0 aliphatic rings. The van der Waals surface area contributed by atoms with Crippen molar-refractivity contribution >= 4 is 26.0 Å². The number of nitrogens with zero attached hydrogens (tertiary/aromatic N) is 1. The highest BCUT2D eigenvalue weighted by molar-refractivity contribution is 9.09. The molecule has 0 heterocycles. The van der Waals surface area contributed by atoms with Gasteiger partial charge >= 0.3 is 0 Å². The maximum absolute atomic E-state index is 11.9. The van der Waals surface area contributed by atoms with Gasteiger partial charge in [0.25, 0.3) is 0 Å². The average Bonchev–Trinajstić information content (AvgIpc) is 1.99. The van der Waals surface area contributed by atoms with Gasteiger partial charge in [0, 0.05) is 18.4 Å². The Hall–Kier alpha value is 0.390. The van der Waals surface area contributed by atoms with Gasteiger partial charge in [-0.2, -0.15) is 0 Å². The number of rotatable bonds is 3. The van der Waals surface area contributed by atoms with E-state index in [2.05, 4.69) is 15.9 Å². The zero-order valence-electron chi connectivity index (χ0n) is 8.83. The molecule has 0 saturated carbocycles. The minimum atomic E-state index is -3.18. The van der Waals surface area contributed by atoms with E-state index in [9.17, 15) is 8.42 Å². The van der Waals surface area contributed by atoms with Gasteiger partial charge in [0.1, 0.15) is 0 Å². The SMILES string of the molecule is CC(CBr)N(C)S(=O)(=O)C(C)(C)C. The van der Waals surface area contributed by atoms with E-state index in [-0.39, 0.29) is 6.04 Å². The lowest BCUT2D eigenvalue weighted by molar-refractivity contribution is 0.399. The molecule has 0 spiro atoms. The zero-order valence-corrected chi connectivity index (χ0v) is 11.2. The lowest BCUT2D eigenvalue weighted by Crippen LogP contribution is -2.45. The Morgan fingerprint density at radius 1 is 1.38 bits per heavy atom. The van der Waals surface area contributed by atoms with Gasteiger partial charge in [0.2, 0.25) is 10.0 Å². The molecule has 0 N–H and O–H groups in total. The highest BCUT2D eigenvalue weighted by Crippen LogP contribution is 2.21. The van der Waals surface area contributed by atoms with Gasteiger partial charge in [-0.15, -0.1) is 0 Å². The minimum Gasteiger partial charge on any atom is -0.212 e. The van der Waals surface area contributed by atoms with Crippen LogP contribution in [0.5, 0.6) is 0 Å². The highest BCUT2D eigenvalue weighted by atomic mass is 79.9. The molecule has 0 aromatic rings. The molecule has 0 aromatic carbocycles.